The normalized spacial score (nSPS) is 15.2. The quantitative estimate of drug-likeness (QED) is 0.296. The number of aromatic nitrogens is 2. The third-order valence-electron chi connectivity index (χ3n) is 6.37. The van der Waals surface area contributed by atoms with E-state index in [1.807, 2.05) is 31.3 Å². The molecule has 1 aliphatic rings. The van der Waals surface area contributed by atoms with Gasteiger partial charge < -0.3 is 14.0 Å². The van der Waals surface area contributed by atoms with Crippen LogP contribution in [-0.2, 0) is 22.6 Å². The highest BCUT2D eigenvalue weighted by Crippen LogP contribution is 2.33. The Hall–Kier alpha value is -2.91. The van der Waals surface area contributed by atoms with Gasteiger partial charge in [-0.3, -0.25) is 10.2 Å². The number of ether oxygens (including phenoxy) is 2. The Labute approximate surface area is 219 Å². The van der Waals surface area contributed by atoms with Crippen molar-refractivity contribution in [2.24, 2.45) is 0 Å². The molecule has 2 aromatic heterocycles. The first kappa shape index (κ1) is 24.8. The second-order valence-electron chi connectivity index (χ2n) is 8.79. The molecule has 0 saturated carbocycles. The fraction of sp³-hybridized carbons (Fsp3) is 0.333. The molecule has 1 atom stereocenters. The molecule has 5 rings (SSSR count). The van der Waals surface area contributed by atoms with E-state index in [1.54, 1.807) is 17.4 Å². The number of carbonyl (C=O) groups excluding carboxylic acids is 1. The molecule has 7 nitrogen and oxygen atoms in total. The van der Waals surface area contributed by atoms with E-state index in [4.69, 9.17) is 26.1 Å². The van der Waals surface area contributed by atoms with Gasteiger partial charge in [0.2, 0.25) is 0 Å². The molecule has 0 aliphatic carbocycles. The molecule has 188 valence electrons. The summed E-state index contributed by atoms with van der Waals surface area (Å²) in [5.74, 6) is 0. The summed E-state index contributed by atoms with van der Waals surface area (Å²) in [6.07, 6.45) is 0.945. The van der Waals surface area contributed by atoms with Gasteiger partial charge in [-0.2, -0.15) is 0 Å². The summed E-state index contributed by atoms with van der Waals surface area (Å²) in [4.78, 5) is 20.0. The number of carbonyl (C=O) groups is 1. The van der Waals surface area contributed by atoms with E-state index in [1.165, 1.54) is 0 Å². The lowest BCUT2D eigenvalue weighted by atomic mass is 10.1. The van der Waals surface area contributed by atoms with E-state index in [0.717, 1.165) is 72.1 Å². The van der Waals surface area contributed by atoms with Crippen molar-refractivity contribution in [2.45, 2.75) is 33.0 Å². The van der Waals surface area contributed by atoms with E-state index < -0.39 is 12.2 Å². The van der Waals surface area contributed by atoms with Gasteiger partial charge in [-0.05, 0) is 38.1 Å². The molecule has 1 saturated heterocycles. The van der Waals surface area contributed by atoms with E-state index >= 15 is 0 Å². The Morgan fingerprint density at radius 3 is 2.83 bits per heavy atom. The fourth-order valence-corrected chi connectivity index (χ4v) is 5.56. The molecule has 4 aromatic rings. The van der Waals surface area contributed by atoms with Crippen LogP contribution < -0.4 is 5.32 Å². The van der Waals surface area contributed by atoms with Gasteiger partial charge in [0.25, 0.3) is 0 Å². The summed E-state index contributed by atoms with van der Waals surface area (Å²) >= 11 is 7.91. The number of anilines is 1. The fourth-order valence-electron chi connectivity index (χ4n) is 4.46. The third kappa shape index (κ3) is 5.42. The van der Waals surface area contributed by atoms with Gasteiger partial charge >= 0.3 is 6.09 Å². The molecule has 9 heteroatoms. The third-order valence-corrected chi connectivity index (χ3v) is 7.66. The zero-order valence-corrected chi connectivity index (χ0v) is 21.9. The van der Waals surface area contributed by atoms with Crippen LogP contribution in [0.1, 0.15) is 31.2 Å². The molecule has 0 bridgehead atoms. The number of nitrogens with one attached hydrogen (secondary N) is 1. The van der Waals surface area contributed by atoms with Crippen molar-refractivity contribution in [1.29, 1.82) is 0 Å². The highest BCUT2D eigenvalue weighted by atomic mass is 35.5. The smallest absolute Gasteiger partial charge is 0.412 e. The molecule has 1 N–H and O–H groups in total. The van der Waals surface area contributed by atoms with Crippen LogP contribution in [-0.4, -0.2) is 46.8 Å². The number of hydrogen-bond acceptors (Lipinski definition) is 6. The van der Waals surface area contributed by atoms with Gasteiger partial charge in [0, 0.05) is 59.3 Å². The van der Waals surface area contributed by atoms with Gasteiger partial charge in [0.15, 0.2) is 0 Å². The number of nitrogens with zero attached hydrogens (tertiary/aromatic N) is 3. The van der Waals surface area contributed by atoms with Gasteiger partial charge in [-0.15, -0.1) is 11.3 Å². The van der Waals surface area contributed by atoms with Crippen LogP contribution >= 0.6 is 22.9 Å². The van der Waals surface area contributed by atoms with Crippen molar-refractivity contribution in [3.63, 3.8) is 0 Å². The number of hydrogen-bond donors (Lipinski definition) is 1. The molecule has 0 radical (unpaired) electrons. The van der Waals surface area contributed by atoms with Crippen molar-refractivity contribution >= 4 is 45.6 Å². The lowest BCUT2D eigenvalue weighted by Crippen LogP contribution is -2.35. The largest absolute Gasteiger partial charge is 0.441 e. The standard InChI is InChI=1S/C27H29ClN4O3S/c1-3-32-16-24(30-27(33)35-18(2)21-6-4-5-7-23(21)28)22-14-19(8-9-25(22)32)26-29-20(17-36-26)15-31-10-12-34-13-11-31/h4-9,14,16-18H,3,10-13,15H2,1-2H3,(H,30,33)/t18-/m1/s1. The van der Waals surface area contributed by atoms with Gasteiger partial charge in [0.1, 0.15) is 11.1 Å². The number of aryl methyl sites for hydroxylation is 1. The predicted octanol–water partition coefficient (Wildman–Crippen LogP) is 6.58. The van der Waals surface area contributed by atoms with E-state index in [0.29, 0.717) is 10.7 Å². The Morgan fingerprint density at radius 1 is 1.25 bits per heavy atom. The van der Waals surface area contributed by atoms with Crippen LogP contribution in [0.4, 0.5) is 10.5 Å². The Kier molecular flexibility index (Phi) is 7.57. The predicted molar refractivity (Wildman–Crippen MR) is 145 cm³/mol. The Bertz CT molecular complexity index is 1360. The van der Waals surface area contributed by atoms with E-state index in [9.17, 15) is 4.79 Å². The second kappa shape index (κ2) is 11.0. The molecular formula is C27H29ClN4O3S. The first-order chi connectivity index (χ1) is 17.5. The first-order valence-electron chi connectivity index (χ1n) is 12.1. The average molecular weight is 525 g/mol. The maximum Gasteiger partial charge on any atom is 0.412 e. The Balaban J connectivity index is 1.35. The maximum atomic E-state index is 12.8. The van der Waals surface area contributed by atoms with E-state index in [2.05, 4.69) is 45.3 Å². The summed E-state index contributed by atoms with van der Waals surface area (Å²) < 4.78 is 13.2. The zero-order valence-electron chi connectivity index (χ0n) is 20.4. The number of halogens is 1. The van der Waals surface area contributed by atoms with Crippen molar-refractivity contribution in [1.82, 2.24) is 14.5 Å². The summed E-state index contributed by atoms with van der Waals surface area (Å²) in [6.45, 7) is 8.92. The van der Waals surface area contributed by atoms with Crippen molar-refractivity contribution in [3.8, 4) is 10.6 Å². The second-order valence-corrected chi connectivity index (χ2v) is 10.1. The highest BCUT2D eigenvalue weighted by molar-refractivity contribution is 7.13. The average Bonchev–Trinajstić information content (AvgIpc) is 3.49. The van der Waals surface area contributed by atoms with E-state index in [-0.39, 0.29) is 0 Å². The summed E-state index contributed by atoms with van der Waals surface area (Å²) in [5.41, 5.74) is 4.61. The van der Waals surface area contributed by atoms with Crippen LogP contribution in [0, 0.1) is 0 Å². The number of benzene rings is 2. The lowest BCUT2D eigenvalue weighted by Gasteiger charge is -2.25. The topological polar surface area (TPSA) is 68.6 Å². The number of thiazole rings is 1. The van der Waals surface area contributed by atoms with Gasteiger partial charge in [-0.25, -0.2) is 9.78 Å². The number of rotatable bonds is 7. The highest BCUT2D eigenvalue weighted by Gasteiger charge is 2.18. The van der Waals surface area contributed by atoms with Gasteiger partial charge in [-0.1, -0.05) is 29.8 Å². The minimum absolute atomic E-state index is 0.478. The number of amides is 1. The minimum atomic E-state index is -0.523. The SMILES string of the molecule is CCn1cc(NC(=O)O[C@H](C)c2ccccc2Cl)c2cc(-c3nc(CN4CCOCC4)cs3)ccc21. The Morgan fingerprint density at radius 2 is 2.06 bits per heavy atom. The molecule has 0 unspecified atom stereocenters. The summed E-state index contributed by atoms with van der Waals surface area (Å²) in [7, 11) is 0. The van der Waals surface area contributed by atoms with Crippen LogP contribution in [0.25, 0.3) is 21.5 Å². The molecular weight excluding hydrogens is 496 g/mol. The molecule has 1 aliphatic heterocycles. The van der Waals surface area contributed by atoms with Crippen LogP contribution in [0.15, 0.2) is 54.0 Å². The van der Waals surface area contributed by atoms with Crippen molar-refractivity contribution in [3.05, 3.63) is 70.3 Å². The lowest BCUT2D eigenvalue weighted by molar-refractivity contribution is 0.0337. The van der Waals surface area contributed by atoms with Crippen LogP contribution in [0.2, 0.25) is 5.02 Å². The molecule has 0 spiro atoms. The number of fused-ring (bicyclic) bond motifs is 1. The molecule has 3 heterocycles. The summed E-state index contributed by atoms with van der Waals surface area (Å²) in [6, 6.07) is 13.6. The zero-order chi connectivity index (χ0) is 25.1. The van der Waals surface area contributed by atoms with Crippen molar-refractivity contribution < 1.29 is 14.3 Å². The minimum Gasteiger partial charge on any atom is -0.441 e. The first-order valence-corrected chi connectivity index (χ1v) is 13.4. The monoisotopic (exact) mass is 524 g/mol. The number of morpholine rings is 1. The molecule has 1 fully saturated rings. The van der Waals surface area contributed by atoms with Crippen LogP contribution in [0.5, 0.6) is 0 Å². The molecule has 1 amide bonds. The molecule has 36 heavy (non-hydrogen) atoms. The van der Waals surface area contributed by atoms with Crippen molar-refractivity contribution in [2.75, 3.05) is 31.6 Å². The summed E-state index contributed by atoms with van der Waals surface area (Å²) in [5, 5.41) is 7.54. The molecule has 2 aromatic carbocycles. The van der Waals surface area contributed by atoms with Crippen LogP contribution in [0.3, 0.4) is 0 Å². The van der Waals surface area contributed by atoms with Gasteiger partial charge in [0.05, 0.1) is 30.1 Å². The maximum absolute atomic E-state index is 12.8.